The average molecular weight is 803 g/mol. The predicted molar refractivity (Wildman–Crippen MR) is 260 cm³/mol. The van der Waals surface area contributed by atoms with E-state index in [9.17, 15) is 0 Å². The van der Waals surface area contributed by atoms with E-state index in [0.717, 1.165) is 88.9 Å². The Labute approximate surface area is 361 Å². The number of ether oxygens (including phenoxy) is 1. The van der Waals surface area contributed by atoms with Gasteiger partial charge < -0.3 is 9.30 Å². The summed E-state index contributed by atoms with van der Waals surface area (Å²) in [7, 11) is 0. The second-order valence-electron chi connectivity index (χ2n) is 16.5. The molecule has 0 amide bonds. The zero-order valence-corrected chi connectivity index (χ0v) is 33.8. The fraction of sp³-hybridized carbons (Fsp3) is 0. The Morgan fingerprint density at radius 1 is 0.349 bits per heavy atom. The van der Waals surface area contributed by atoms with Crippen molar-refractivity contribution >= 4 is 76.1 Å². The summed E-state index contributed by atoms with van der Waals surface area (Å²) in [5.74, 6) is 2.42. The topological polar surface area (TPSA) is 44.9 Å². The van der Waals surface area contributed by atoms with Gasteiger partial charge in [0.2, 0.25) is 5.95 Å². The number of benzene rings is 10. The number of nitrogens with zero attached hydrogens (tertiary/aromatic N) is 4. The van der Waals surface area contributed by atoms with Crippen LogP contribution in [0.2, 0.25) is 0 Å². The molecule has 0 fully saturated rings. The molecule has 0 unspecified atom stereocenters. The largest absolute Gasteiger partial charge is 0.456 e. The Morgan fingerprint density at radius 2 is 0.984 bits per heavy atom. The Kier molecular flexibility index (Phi) is 7.05. The van der Waals surface area contributed by atoms with Crippen LogP contribution in [0.3, 0.4) is 0 Å². The van der Waals surface area contributed by atoms with Crippen LogP contribution >= 0.6 is 0 Å². The van der Waals surface area contributed by atoms with Crippen LogP contribution in [0.1, 0.15) is 0 Å². The summed E-state index contributed by atoms with van der Waals surface area (Å²) in [6, 6.07) is 73.6. The van der Waals surface area contributed by atoms with Gasteiger partial charge in [0.15, 0.2) is 0 Å². The van der Waals surface area contributed by atoms with Crippen molar-refractivity contribution in [2.45, 2.75) is 0 Å². The van der Waals surface area contributed by atoms with Gasteiger partial charge in [0, 0.05) is 55.2 Å². The molecular weight excluding hydrogens is 769 g/mol. The molecule has 0 bridgehead atoms. The highest BCUT2D eigenvalue weighted by atomic mass is 16.5. The molecule has 0 N–H and O–H groups in total. The smallest absolute Gasteiger partial charge is 0.235 e. The third kappa shape index (κ3) is 4.93. The van der Waals surface area contributed by atoms with Crippen molar-refractivity contribution in [3.63, 3.8) is 0 Å². The lowest BCUT2D eigenvalue weighted by molar-refractivity contribution is 0.487. The first kappa shape index (κ1) is 34.2. The fourth-order valence-electron chi connectivity index (χ4n) is 10.4. The van der Waals surface area contributed by atoms with E-state index in [1.54, 1.807) is 0 Å². The molecule has 5 heteroatoms. The third-order valence-corrected chi connectivity index (χ3v) is 13.1. The van der Waals surface area contributed by atoms with Crippen LogP contribution in [0.4, 0.5) is 0 Å². The van der Waals surface area contributed by atoms with Gasteiger partial charge in [-0.25, -0.2) is 9.97 Å². The lowest BCUT2D eigenvalue weighted by Gasteiger charge is -2.22. The zero-order valence-electron chi connectivity index (χ0n) is 33.8. The first-order valence-corrected chi connectivity index (χ1v) is 21.4. The van der Waals surface area contributed by atoms with Gasteiger partial charge in [-0.15, -0.1) is 0 Å². The Balaban J connectivity index is 1.04. The molecule has 0 saturated heterocycles. The highest BCUT2D eigenvalue weighted by Crippen LogP contribution is 2.51. The first-order chi connectivity index (χ1) is 31.2. The van der Waals surface area contributed by atoms with Crippen molar-refractivity contribution in [3.05, 3.63) is 206 Å². The van der Waals surface area contributed by atoms with Gasteiger partial charge in [0.1, 0.15) is 11.5 Å². The maximum atomic E-state index is 6.70. The van der Waals surface area contributed by atoms with Crippen molar-refractivity contribution in [3.8, 4) is 56.6 Å². The van der Waals surface area contributed by atoms with Crippen LogP contribution in [0.15, 0.2) is 206 Å². The van der Waals surface area contributed by atoms with E-state index in [0.29, 0.717) is 5.95 Å². The average Bonchev–Trinajstić information content (AvgIpc) is 3.86. The number of hydrogen-bond donors (Lipinski definition) is 0. The number of fused-ring (bicyclic) bond motifs is 12. The fourth-order valence-corrected chi connectivity index (χ4v) is 10.4. The van der Waals surface area contributed by atoms with Crippen LogP contribution in [0.25, 0.3) is 121 Å². The molecule has 0 spiro atoms. The molecule has 3 aromatic heterocycles. The van der Waals surface area contributed by atoms with Crippen LogP contribution in [0, 0.1) is 0 Å². The van der Waals surface area contributed by atoms with Crippen molar-refractivity contribution in [1.82, 2.24) is 19.1 Å². The molecular formula is C58H34N4O. The maximum Gasteiger partial charge on any atom is 0.235 e. The van der Waals surface area contributed by atoms with Gasteiger partial charge in [-0.3, -0.25) is 4.57 Å². The van der Waals surface area contributed by atoms with E-state index >= 15 is 0 Å². The second kappa shape index (κ2) is 13.0. The summed E-state index contributed by atoms with van der Waals surface area (Å²) < 4.78 is 11.3. The van der Waals surface area contributed by atoms with Crippen LogP contribution < -0.4 is 4.74 Å². The van der Waals surface area contributed by atoms with E-state index in [2.05, 4.69) is 203 Å². The molecule has 4 heterocycles. The SMILES string of the molecule is c1ccc(-c2nc(-n3c4ccc(-c5ccc6c(c5)c5c7cccc8c7c(cc5n6-c5ccccc5)Oc5ccccc5-8)cc4c4c5ccccc5ccc43)nc3ccccc23)cc1. The van der Waals surface area contributed by atoms with Crippen molar-refractivity contribution in [2.24, 2.45) is 0 Å². The molecule has 1 aliphatic rings. The first-order valence-electron chi connectivity index (χ1n) is 21.4. The molecule has 1 aliphatic heterocycles. The van der Waals surface area contributed by atoms with E-state index in [1.165, 1.54) is 37.9 Å². The minimum Gasteiger partial charge on any atom is -0.456 e. The molecule has 0 aliphatic carbocycles. The molecule has 14 rings (SSSR count). The minimum absolute atomic E-state index is 0.649. The highest BCUT2D eigenvalue weighted by molar-refractivity contribution is 6.26. The van der Waals surface area contributed by atoms with Gasteiger partial charge in [0.25, 0.3) is 0 Å². The van der Waals surface area contributed by atoms with Crippen molar-refractivity contribution < 1.29 is 4.74 Å². The third-order valence-electron chi connectivity index (χ3n) is 13.1. The maximum absolute atomic E-state index is 6.70. The summed E-state index contributed by atoms with van der Waals surface area (Å²) in [4.78, 5) is 10.6. The molecule has 0 saturated carbocycles. The van der Waals surface area contributed by atoms with E-state index in [-0.39, 0.29) is 0 Å². The normalized spacial score (nSPS) is 12.3. The Morgan fingerprint density at radius 3 is 1.81 bits per heavy atom. The molecule has 0 radical (unpaired) electrons. The van der Waals surface area contributed by atoms with E-state index < -0.39 is 0 Å². The quantitative estimate of drug-likeness (QED) is 0.178. The summed E-state index contributed by atoms with van der Waals surface area (Å²) in [5.41, 5.74) is 13.0. The molecule has 13 aromatic rings. The predicted octanol–water partition coefficient (Wildman–Crippen LogP) is 15.2. The molecule has 63 heavy (non-hydrogen) atoms. The second-order valence-corrected chi connectivity index (χ2v) is 16.5. The molecule has 292 valence electrons. The highest BCUT2D eigenvalue weighted by Gasteiger charge is 2.25. The van der Waals surface area contributed by atoms with Crippen molar-refractivity contribution in [1.29, 1.82) is 0 Å². The van der Waals surface area contributed by atoms with Crippen LogP contribution in [0.5, 0.6) is 11.5 Å². The van der Waals surface area contributed by atoms with Crippen LogP contribution in [-0.2, 0) is 0 Å². The number of aromatic nitrogens is 4. The van der Waals surface area contributed by atoms with E-state index in [1.807, 2.05) is 12.1 Å². The van der Waals surface area contributed by atoms with Crippen molar-refractivity contribution in [2.75, 3.05) is 0 Å². The van der Waals surface area contributed by atoms with Gasteiger partial charge in [-0.05, 0) is 87.4 Å². The lowest BCUT2D eigenvalue weighted by Crippen LogP contribution is -2.03. The van der Waals surface area contributed by atoms with Gasteiger partial charge in [-0.1, -0.05) is 146 Å². The monoisotopic (exact) mass is 802 g/mol. The number of hydrogen-bond acceptors (Lipinski definition) is 3. The van der Waals surface area contributed by atoms with Gasteiger partial charge in [-0.2, -0.15) is 0 Å². The van der Waals surface area contributed by atoms with Crippen LogP contribution in [-0.4, -0.2) is 19.1 Å². The lowest BCUT2D eigenvalue weighted by atomic mass is 9.92. The number of para-hydroxylation sites is 3. The molecule has 0 atom stereocenters. The summed E-state index contributed by atoms with van der Waals surface area (Å²) >= 11 is 0. The zero-order chi connectivity index (χ0) is 41.2. The minimum atomic E-state index is 0.649. The molecule has 10 aromatic carbocycles. The summed E-state index contributed by atoms with van der Waals surface area (Å²) in [6.45, 7) is 0. The Hall–Kier alpha value is -8.54. The standard InChI is InChI=1S/C58H34N4O/c1-3-15-36(16-4-1)57-43-21-9-11-24-47(43)59-58(60-57)62-49-30-28-38(33-46(49)54-40-19-8-7-14-35(40)26-31-50(54)62)37-27-29-48-45(32-37)55-44-23-13-22-42-41-20-10-12-25-52(41)63-53(56(42)44)34-51(55)61(48)39-17-5-2-6-18-39/h1-34H. The summed E-state index contributed by atoms with van der Waals surface area (Å²) in [6.07, 6.45) is 0. The van der Waals surface area contributed by atoms with Gasteiger partial charge >= 0.3 is 0 Å². The summed E-state index contributed by atoms with van der Waals surface area (Å²) in [5, 5.41) is 10.5. The van der Waals surface area contributed by atoms with E-state index in [4.69, 9.17) is 14.7 Å². The number of rotatable bonds is 4. The van der Waals surface area contributed by atoms with Gasteiger partial charge in [0.05, 0.1) is 33.3 Å². The Bertz CT molecular complexity index is 4050. The molecule has 5 nitrogen and oxygen atoms in total.